The second-order valence-electron chi connectivity index (χ2n) is 9.50. The normalized spacial score (nSPS) is 17.6. The van der Waals surface area contributed by atoms with Crippen molar-refractivity contribution < 1.29 is 27.5 Å². The van der Waals surface area contributed by atoms with Crippen molar-refractivity contribution in [1.29, 1.82) is 0 Å². The molecule has 0 radical (unpaired) electrons. The third kappa shape index (κ3) is 5.15. The lowest BCUT2D eigenvalue weighted by Crippen LogP contribution is -2.26. The van der Waals surface area contributed by atoms with Crippen LogP contribution in [0.3, 0.4) is 0 Å². The SMILES string of the molecule is COC(=O)C1=C(C)N(CCC2=CCCCC2)C(=O)C1=Cc1cc(C)n(-c2ccccc2C(F)(F)F)c1C. The van der Waals surface area contributed by atoms with Crippen molar-refractivity contribution in [3.63, 3.8) is 0 Å². The summed E-state index contributed by atoms with van der Waals surface area (Å²) < 4.78 is 47.7. The molecule has 2 heterocycles. The molecule has 1 aromatic heterocycles. The van der Waals surface area contributed by atoms with E-state index in [4.69, 9.17) is 4.74 Å². The minimum absolute atomic E-state index is 0.00898. The summed E-state index contributed by atoms with van der Waals surface area (Å²) in [6, 6.07) is 7.11. The summed E-state index contributed by atoms with van der Waals surface area (Å²) in [4.78, 5) is 27.8. The first-order valence-corrected chi connectivity index (χ1v) is 12.4. The van der Waals surface area contributed by atoms with Gasteiger partial charge in [0.25, 0.3) is 5.91 Å². The number of aromatic nitrogens is 1. The Balaban J connectivity index is 1.74. The maximum Gasteiger partial charge on any atom is 0.418 e. The van der Waals surface area contributed by atoms with E-state index in [-0.39, 0.29) is 22.7 Å². The molecule has 4 rings (SSSR count). The summed E-state index contributed by atoms with van der Waals surface area (Å²) >= 11 is 0. The number of esters is 1. The number of para-hydroxylation sites is 1. The van der Waals surface area contributed by atoms with E-state index in [0.717, 1.165) is 31.7 Å². The van der Waals surface area contributed by atoms with Crippen LogP contribution in [0.5, 0.6) is 0 Å². The Morgan fingerprint density at radius 1 is 1.14 bits per heavy atom. The van der Waals surface area contributed by atoms with Gasteiger partial charge in [-0.3, -0.25) is 4.79 Å². The Labute approximate surface area is 214 Å². The number of nitrogens with zero attached hydrogens (tertiary/aromatic N) is 2. The molecule has 1 aliphatic heterocycles. The monoisotopic (exact) mass is 512 g/mol. The van der Waals surface area contributed by atoms with Gasteiger partial charge in [-0.2, -0.15) is 13.2 Å². The molecule has 0 N–H and O–H groups in total. The van der Waals surface area contributed by atoms with Gasteiger partial charge in [-0.25, -0.2) is 4.79 Å². The highest BCUT2D eigenvalue weighted by Gasteiger charge is 2.37. The third-order valence-electron chi connectivity index (χ3n) is 7.16. The first kappa shape index (κ1) is 26.5. The number of hydrogen-bond donors (Lipinski definition) is 0. The third-order valence-corrected chi connectivity index (χ3v) is 7.16. The van der Waals surface area contributed by atoms with Crippen molar-refractivity contribution >= 4 is 18.0 Å². The second-order valence-corrected chi connectivity index (χ2v) is 9.50. The van der Waals surface area contributed by atoms with Crippen LogP contribution in [0.4, 0.5) is 13.2 Å². The molecule has 2 aliphatic rings. The van der Waals surface area contributed by atoms with Crippen LogP contribution in [-0.2, 0) is 20.5 Å². The topological polar surface area (TPSA) is 51.5 Å². The highest BCUT2D eigenvalue weighted by Crippen LogP contribution is 2.37. The van der Waals surface area contributed by atoms with E-state index in [2.05, 4.69) is 6.08 Å². The summed E-state index contributed by atoms with van der Waals surface area (Å²) in [6.45, 7) is 5.59. The van der Waals surface area contributed by atoms with Gasteiger partial charge in [-0.05, 0) is 82.7 Å². The van der Waals surface area contributed by atoms with Crippen molar-refractivity contribution in [3.8, 4) is 5.69 Å². The lowest BCUT2D eigenvalue weighted by Gasteiger charge is -2.20. The van der Waals surface area contributed by atoms with Crippen molar-refractivity contribution in [3.05, 3.63) is 81.3 Å². The molecule has 2 aromatic rings. The number of ether oxygens (including phenoxy) is 1. The number of carbonyl (C=O) groups is 2. The number of amides is 1. The average molecular weight is 513 g/mol. The fourth-order valence-electron chi connectivity index (χ4n) is 5.25. The molecule has 0 atom stereocenters. The molecule has 1 aromatic carbocycles. The smallest absolute Gasteiger partial charge is 0.418 e. The van der Waals surface area contributed by atoms with E-state index in [1.807, 2.05) is 0 Å². The summed E-state index contributed by atoms with van der Waals surface area (Å²) in [7, 11) is 1.26. The van der Waals surface area contributed by atoms with Crippen molar-refractivity contribution in [2.75, 3.05) is 13.7 Å². The Morgan fingerprint density at radius 3 is 2.51 bits per heavy atom. The van der Waals surface area contributed by atoms with Gasteiger partial charge >= 0.3 is 12.1 Å². The standard InChI is InChI=1S/C29H31F3N2O3/c1-18-16-22(19(2)34(18)25-13-9-8-12-24(25)29(30,31)32)17-23-26(28(36)37-4)20(3)33(27(23)35)15-14-21-10-6-5-7-11-21/h8-10,12-13,16-17H,5-7,11,14-15H2,1-4H3. The van der Waals surface area contributed by atoms with Gasteiger partial charge in [-0.15, -0.1) is 0 Å². The summed E-state index contributed by atoms with van der Waals surface area (Å²) in [5.41, 5.74) is 3.14. The molecule has 0 fully saturated rings. The highest BCUT2D eigenvalue weighted by molar-refractivity contribution is 6.16. The van der Waals surface area contributed by atoms with Gasteiger partial charge in [0.05, 0.1) is 29.5 Å². The number of rotatable bonds is 6. The molecular formula is C29H31F3N2O3. The molecule has 0 saturated heterocycles. The molecule has 5 nitrogen and oxygen atoms in total. The van der Waals surface area contributed by atoms with Gasteiger partial charge < -0.3 is 14.2 Å². The van der Waals surface area contributed by atoms with Crippen molar-refractivity contribution in [1.82, 2.24) is 9.47 Å². The summed E-state index contributed by atoms with van der Waals surface area (Å²) in [5, 5.41) is 0. The molecule has 0 spiro atoms. The molecule has 0 saturated carbocycles. The first-order chi connectivity index (χ1) is 17.5. The quantitative estimate of drug-likeness (QED) is 0.247. The maximum absolute atomic E-state index is 13.7. The lowest BCUT2D eigenvalue weighted by molar-refractivity contribution is -0.137. The molecular weight excluding hydrogens is 481 g/mol. The van der Waals surface area contributed by atoms with Crippen LogP contribution < -0.4 is 0 Å². The van der Waals surface area contributed by atoms with Gasteiger partial charge in [0.1, 0.15) is 0 Å². The average Bonchev–Trinajstić information content (AvgIpc) is 3.28. The first-order valence-electron chi connectivity index (χ1n) is 12.4. The summed E-state index contributed by atoms with van der Waals surface area (Å²) in [5.74, 6) is -0.928. The minimum atomic E-state index is -4.52. The van der Waals surface area contributed by atoms with Crippen LogP contribution in [-0.4, -0.2) is 35.0 Å². The van der Waals surface area contributed by atoms with Crippen molar-refractivity contribution in [2.24, 2.45) is 0 Å². The van der Waals surface area contributed by atoms with Gasteiger partial charge in [0.15, 0.2) is 0 Å². The molecule has 0 bridgehead atoms. The number of benzene rings is 1. The molecule has 8 heteroatoms. The van der Waals surface area contributed by atoms with Crippen LogP contribution in [0.15, 0.2) is 58.8 Å². The molecule has 196 valence electrons. The van der Waals surface area contributed by atoms with Crippen LogP contribution in [0.2, 0.25) is 0 Å². The van der Waals surface area contributed by atoms with E-state index < -0.39 is 17.7 Å². The van der Waals surface area contributed by atoms with Gasteiger partial charge in [-0.1, -0.05) is 23.8 Å². The fourth-order valence-corrected chi connectivity index (χ4v) is 5.25. The fraction of sp³-hybridized carbons (Fsp3) is 0.379. The molecule has 0 unspecified atom stereocenters. The molecule has 1 aliphatic carbocycles. The highest BCUT2D eigenvalue weighted by atomic mass is 19.4. The van der Waals surface area contributed by atoms with Gasteiger partial charge in [0, 0.05) is 23.6 Å². The summed E-state index contributed by atoms with van der Waals surface area (Å²) in [6.07, 6.45) is 4.41. The van der Waals surface area contributed by atoms with E-state index in [1.54, 1.807) is 43.9 Å². The zero-order valence-corrected chi connectivity index (χ0v) is 21.5. The number of methoxy groups -OCH3 is 1. The zero-order valence-electron chi connectivity index (χ0n) is 21.5. The van der Waals surface area contributed by atoms with E-state index in [0.29, 0.717) is 29.2 Å². The number of allylic oxidation sites excluding steroid dienone is 2. The van der Waals surface area contributed by atoms with Crippen molar-refractivity contribution in [2.45, 2.75) is 59.1 Å². The lowest BCUT2D eigenvalue weighted by atomic mass is 9.97. The van der Waals surface area contributed by atoms with E-state index in [9.17, 15) is 22.8 Å². The molecule has 37 heavy (non-hydrogen) atoms. The predicted octanol–water partition coefficient (Wildman–Crippen LogP) is 6.68. The Hall–Kier alpha value is -3.55. The van der Waals surface area contributed by atoms with Gasteiger partial charge in [0.2, 0.25) is 0 Å². The number of halogens is 3. The number of alkyl halides is 3. The minimum Gasteiger partial charge on any atom is -0.465 e. The number of carbonyl (C=O) groups excluding carboxylic acids is 2. The Kier molecular flexibility index (Phi) is 7.48. The van der Waals surface area contributed by atoms with Crippen LogP contribution in [0.1, 0.15) is 61.5 Å². The Bertz CT molecular complexity index is 1330. The maximum atomic E-state index is 13.7. The second kappa shape index (κ2) is 10.4. The number of hydrogen-bond acceptors (Lipinski definition) is 3. The zero-order chi connectivity index (χ0) is 26.9. The van der Waals surface area contributed by atoms with Crippen LogP contribution >= 0.6 is 0 Å². The van der Waals surface area contributed by atoms with Crippen LogP contribution in [0, 0.1) is 13.8 Å². The van der Waals surface area contributed by atoms with E-state index in [1.165, 1.54) is 35.8 Å². The Morgan fingerprint density at radius 2 is 1.86 bits per heavy atom. The van der Waals surface area contributed by atoms with E-state index >= 15 is 0 Å². The molecule has 1 amide bonds. The largest absolute Gasteiger partial charge is 0.465 e. The van der Waals surface area contributed by atoms with Crippen LogP contribution in [0.25, 0.3) is 11.8 Å². The number of aryl methyl sites for hydroxylation is 1. The predicted molar refractivity (Wildman–Crippen MR) is 136 cm³/mol.